The Balaban J connectivity index is 2.17. The molecule has 0 bridgehead atoms. The number of nitrogens with zero attached hydrogens (tertiary/aromatic N) is 1. The molecule has 0 aromatic heterocycles. The van der Waals surface area contributed by atoms with Crippen LogP contribution in [-0.2, 0) is 16.1 Å². The van der Waals surface area contributed by atoms with Gasteiger partial charge in [0.15, 0.2) is 6.61 Å². The lowest BCUT2D eigenvalue weighted by molar-refractivity contribution is -0.142. The SMILES string of the molecule is CC[C@@H](C(=O)NC)N(Cc1ccc(F)cc1)C(=O)COc1cccc(Cl)c1. The lowest BCUT2D eigenvalue weighted by Gasteiger charge is -2.30. The van der Waals surface area contributed by atoms with E-state index in [-0.39, 0.29) is 30.8 Å². The number of hydrogen-bond acceptors (Lipinski definition) is 3. The quantitative estimate of drug-likeness (QED) is 0.749. The smallest absolute Gasteiger partial charge is 0.261 e. The second kappa shape index (κ2) is 9.92. The van der Waals surface area contributed by atoms with Crippen molar-refractivity contribution in [3.8, 4) is 5.75 Å². The molecule has 0 heterocycles. The van der Waals surface area contributed by atoms with Crippen molar-refractivity contribution in [2.24, 2.45) is 0 Å². The summed E-state index contributed by atoms with van der Waals surface area (Å²) < 4.78 is 18.7. The highest BCUT2D eigenvalue weighted by Crippen LogP contribution is 2.18. The number of likely N-dealkylation sites (N-methyl/N-ethyl adjacent to an activating group) is 1. The predicted octanol–water partition coefficient (Wildman–Crippen LogP) is 3.41. The second-order valence-corrected chi connectivity index (χ2v) is 6.37. The summed E-state index contributed by atoms with van der Waals surface area (Å²) in [7, 11) is 1.52. The van der Waals surface area contributed by atoms with Crippen molar-refractivity contribution in [3.63, 3.8) is 0 Å². The van der Waals surface area contributed by atoms with E-state index in [1.807, 2.05) is 6.92 Å². The van der Waals surface area contributed by atoms with E-state index < -0.39 is 6.04 Å². The van der Waals surface area contributed by atoms with E-state index in [1.54, 1.807) is 36.4 Å². The van der Waals surface area contributed by atoms with Gasteiger partial charge < -0.3 is 15.0 Å². The molecule has 5 nitrogen and oxygen atoms in total. The fourth-order valence-electron chi connectivity index (χ4n) is 2.66. The van der Waals surface area contributed by atoms with Crippen LogP contribution >= 0.6 is 11.6 Å². The van der Waals surface area contributed by atoms with Crippen molar-refractivity contribution in [2.75, 3.05) is 13.7 Å². The minimum absolute atomic E-state index is 0.171. The zero-order valence-electron chi connectivity index (χ0n) is 15.2. The van der Waals surface area contributed by atoms with Gasteiger partial charge in [-0.3, -0.25) is 9.59 Å². The van der Waals surface area contributed by atoms with E-state index in [0.29, 0.717) is 17.2 Å². The van der Waals surface area contributed by atoms with Gasteiger partial charge in [-0.25, -0.2) is 4.39 Å². The Labute approximate surface area is 163 Å². The number of nitrogens with one attached hydrogen (secondary N) is 1. The Hall–Kier alpha value is -2.60. The number of ether oxygens (including phenoxy) is 1. The van der Waals surface area contributed by atoms with Gasteiger partial charge in [0.1, 0.15) is 17.6 Å². The maximum absolute atomic E-state index is 13.2. The number of benzene rings is 2. The number of amides is 2. The summed E-state index contributed by atoms with van der Waals surface area (Å²) in [5.41, 5.74) is 0.717. The van der Waals surface area contributed by atoms with Crippen LogP contribution in [0.25, 0.3) is 0 Å². The number of hydrogen-bond donors (Lipinski definition) is 1. The first kappa shape index (κ1) is 20.7. The number of rotatable bonds is 8. The van der Waals surface area contributed by atoms with E-state index in [2.05, 4.69) is 5.32 Å². The minimum atomic E-state index is -0.657. The van der Waals surface area contributed by atoms with Crippen molar-refractivity contribution < 1.29 is 18.7 Å². The van der Waals surface area contributed by atoms with E-state index >= 15 is 0 Å². The molecule has 0 saturated carbocycles. The highest BCUT2D eigenvalue weighted by molar-refractivity contribution is 6.30. The van der Waals surface area contributed by atoms with Gasteiger partial charge in [-0.05, 0) is 42.3 Å². The Morgan fingerprint density at radius 1 is 1.22 bits per heavy atom. The van der Waals surface area contributed by atoms with Gasteiger partial charge in [0.25, 0.3) is 5.91 Å². The highest BCUT2D eigenvalue weighted by atomic mass is 35.5. The topological polar surface area (TPSA) is 58.6 Å². The van der Waals surface area contributed by atoms with Gasteiger partial charge in [0.2, 0.25) is 5.91 Å². The van der Waals surface area contributed by atoms with E-state index in [9.17, 15) is 14.0 Å². The summed E-state index contributed by atoms with van der Waals surface area (Å²) in [4.78, 5) is 26.5. The Morgan fingerprint density at radius 3 is 2.52 bits per heavy atom. The molecule has 2 aromatic rings. The molecule has 2 amide bonds. The second-order valence-electron chi connectivity index (χ2n) is 5.93. The van der Waals surface area contributed by atoms with Gasteiger partial charge in [-0.15, -0.1) is 0 Å². The zero-order valence-corrected chi connectivity index (χ0v) is 16.0. The zero-order chi connectivity index (χ0) is 19.8. The summed E-state index contributed by atoms with van der Waals surface area (Å²) in [5.74, 6) is -0.518. The molecule has 7 heteroatoms. The molecule has 0 spiro atoms. The molecule has 0 radical (unpaired) electrons. The molecular weight excluding hydrogens is 371 g/mol. The first-order valence-electron chi connectivity index (χ1n) is 8.58. The highest BCUT2D eigenvalue weighted by Gasteiger charge is 2.28. The molecule has 0 aliphatic heterocycles. The molecule has 0 aliphatic carbocycles. The molecule has 0 fully saturated rings. The minimum Gasteiger partial charge on any atom is -0.484 e. The first-order chi connectivity index (χ1) is 12.9. The molecule has 0 aliphatic rings. The molecule has 2 rings (SSSR count). The fraction of sp³-hybridized carbons (Fsp3) is 0.300. The summed E-state index contributed by atoms with van der Waals surface area (Å²) in [5, 5.41) is 3.08. The van der Waals surface area contributed by atoms with Crippen LogP contribution < -0.4 is 10.1 Å². The third-order valence-corrected chi connectivity index (χ3v) is 4.29. The van der Waals surface area contributed by atoms with Crippen LogP contribution in [0, 0.1) is 5.82 Å². The lowest BCUT2D eigenvalue weighted by atomic mass is 10.1. The maximum atomic E-state index is 13.2. The Kier molecular flexibility index (Phi) is 7.61. The third-order valence-electron chi connectivity index (χ3n) is 4.06. The molecule has 2 aromatic carbocycles. The summed E-state index contributed by atoms with van der Waals surface area (Å²) in [6, 6.07) is 11.9. The summed E-state index contributed by atoms with van der Waals surface area (Å²) >= 11 is 5.92. The summed E-state index contributed by atoms with van der Waals surface area (Å²) in [6.45, 7) is 1.75. The summed E-state index contributed by atoms with van der Waals surface area (Å²) in [6.07, 6.45) is 0.434. The largest absolute Gasteiger partial charge is 0.484 e. The standard InChI is InChI=1S/C20H22ClFN2O3/c1-3-18(20(26)23-2)24(12-14-7-9-16(22)10-8-14)19(25)13-27-17-6-4-5-15(21)11-17/h4-11,18H,3,12-13H2,1-2H3,(H,23,26)/t18-/m0/s1. The number of halogens is 2. The van der Waals surface area contributed by atoms with Crippen molar-refractivity contribution in [1.82, 2.24) is 10.2 Å². The van der Waals surface area contributed by atoms with Crippen molar-refractivity contribution in [2.45, 2.75) is 25.9 Å². The van der Waals surface area contributed by atoms with Crippen molar-refractivity contribution in [3.05, 3.63) is 64.9 Å². The van der Waals surface area contributed by atoms with Crippen molar-refractivity contribution >= 4 is 23.4 Å². The number of carbonyl (C=O) groups excluding carboxylic acids is 2. The van der Waals surface area contributed by atoms with Crippen LogP contribution in [0.4, 0.5) is 4.39 Å². The van der Waals surface area contributed by atoms with Gasteiger partial charge in [-0.2, -0.15) is 0 Å². The van der Waals surface area contributed by atoms with E-state index in [0.717, 1.165) is 5.56 Å². The maximum Gasteiger partial charge on any atom is 0.261 e. The Bertz CT molecular complexity index is 783. The normalized spacial score (nSPS) is 11.6. The van der Waals surface area contributed by atoms with Gasteiger partial charge in [-0.1, -0.05) is 36.7 Å². The molecule has 0 saturated heterocycles. The number of carbonyl (C=O) groups is 2. The van der Waals surface area contributed by atoms with Gasteiger partial charge in [0.05, 0.1) is 0 Å². The third kappa shape index (κ3) is 5.96. The molecular formula is C20H22ClFN2O3. The van der Waals surface area contributed by atoms with Gasteiger partial charge >= 0.3 is 0 Å². The molecule has 1 atom stereocenters. The van der Waals surface area contributed by atoms with E-state index in [1.165, 1.54) is 24.1 Å². The van der Waals surface area contributed by atoms with Gasteiger partial charge in [0, 0.05) is 18.6 Å². The van der Waals surface area contributed by atoms with Crippen LogP contribution in [0.1, 0.15) is 18.9 Å². The Morgan fingerprint density at radius 2 is 1.93 bits per heavy atom. The fourth-order valence-corrected chi connectivity index (χ4v) is 2.84. The first-order valence-corrected chi connectivity index (χ1v) is 8.96. The molecule has 1 N–H and O–H groups in total. The molecule has 144 valence electrons. The van der Waals surface area contributed by atoms with Crippen LogP contribution in [0.2, 0.25) is 5.02 Å². The van der Waals surface area contributed by atoms with Crippen LogP contribution in [-0.4, -0.2) is 36.4 Å². The average Bonchev–Trinajstić information content (AvgIpc) is 2.67. The predicted molar refractivity (Wildman–Crippen MR) is 102 cm³/mol. The average molecular weight is 393 g/mol. The van der Waals surface area contributed by atoms with Crippen LogP contribution in [0.15, 0.2) is 48.5 Å². The molecule has 0 unspecified atom stereocenters. The van der Waals surface area contributed by atoms with Crippen LogP contribution in [0.5, 0.6) is 5.75 Å². The lowest BCUT2D eigenvalue weighted by Crippen LogP contribution is -2.49. The van der Waals surface area contributed by atoms with Crippen LogP contribution in [0.3, 0.4) is 0 Å². The van der Waals surface area contributed by atoms with E-state index in [4.69, 9.17) is 16.3 Å². The van der Waals surface area contributed by atoms with Crippen molar-refractivity contribution in [1.29, 1.82) is 0 Å². The molecule has 27 heavy (non-hydrogen) atoms. The monoisotopic (exact) mass is 392 g/mol.